The van der Waals surface area contributed by atoms with Crippen molar-refractivity contribution in [2.24, 2.45) is 13.0 Å². The molecule has 0 fully saturated rings. The largest absolute Gasteiger partial charge is 0.480 e. The van der Waals surface area contributed by atoms with Crippen molar-refractivity contribution in [3.05, 3.63) is 23.5 Å². The molecule has 17 heavy (non-hydrogen) atoms. The first kappa shape index (κ1) is 13.3. The maximum absolute atomic E-state index is 11.0. The van der Waals surface area contributed by atoms with Gasteiger partial charge < -0.3 is 15.0 Å². The molecule has 1 heterocycles. The summed E-state index contributed by atoms with van der Waals surface area (Å²) in [7, 11) is 1.79. The highest BCUT2D eigenvalue weighted by molar-refractivity contribution is 5.73. The van der Waals surface area contributed by atoms with Crippen LogP contribution in [0.1, 0.15) is 25.1 Å². The quantitative estimate of drug-likeness (QED) is 0.801. The smallest absolute Gasteiger partial charge is 0.320 e. The fraction of sp³-hybridized carbons (Fsp3) is 0.500. The number of rotatable bonds is 5. The van der Waals surface area contributed by atoms with E-state index in [0.717, 1.165) is 5.56 Å². The van der Waals surface area contributed by atoms with Crippen molar-refractivity contribution in [2.75, 3.05) is 0 Å². The highest BCUT2D eigenvalue weighted by atomic mass is 16.4. The molecule has 0 bridgehead atoms. The third kappa shape index (κ3) is 3.33. The normalized spacial score (nSPS) is 12.4. The lowest BCUT2D eigenvalue weighted by Crippen LogP contribution is -2.40. The standard InChI is InChI=1S/C12H17N3O2/c1-8(2)11(12(16)17)14-6-9-4-10(5-13)15(3)7-9/h4,7-8,11,14H,6H2,1-3H3,(H,16,17). The van der Waals surface area contributed by atoms with Gasteiger partial charge in [0.25, 0.3) is 0 Å². The molecule has 5 nitrogen and oxygen atoms in total. The van der Waals surface area contributed by atoms with E-state index >= 15 is 0 Å². The maximum Gasteiger partial charge on any atom is 0.320 e. The molecule has 5 heteroatoms. The molecule has 92 valence electrons. The summed E-state index contributed by atoms with van der Waals surface area (Å²) in [6, 6.07) is 3.26. The molecule has 1 rings (SSSR count). The molecule has 1 unspecified atom stereocenters. The van der Waals surface area contributed by atoms with Gasteiger partial charge in [-0.1, -0.05) is 13.8 Å². The Balaban J connectivity index is 2.66. The van der Waals surface area contributed by atoms with Crippen LogP contribution < -0.4 is 5.32 Å². The lowest BCUT2D eigenvalue weighted by atomic mass is 10.0. The summed E-state index contributed by atoms with van der Waals surface area (Å²) in [4.78, 5) is 11.0. The van der Waals surface area contributed by atoms with Crippen LogP contribution in [-0.4, -0.2) is 21.7 Å². The van der Waals surface area contributed by atoms with E-state index in [1.807, 2.05) is 20.0 Å². The minimum atomic E-state index is -0.851. The first-order chi connectivity index (χ1) is 7.95. The Bertz CT molecular complexity index is 443. The topological polar surface area (TPSA) is 78.0 Å². The number of aliphatic carboxylic acids is 1. The minimum absolute atomic E-state index is 0.0200. The van der Waals surface area contributed by atoms with E-state index in [1.165, 1.54) is 0 Å². The molecule has 1 aromatic rings. The zero-order valence-corrected chi connectivity index (χ0v) is 10.3. The Labute approximate surface area is 101 Å². The number of nitrogens with one attached hydrogen (secondary N) is 1. The highest BCUT2D eigenvalue weighted by Crippen LogP contribution is 2.08. The van der Waals surface area contributed by atoms with Gasteiger partial charge in [0, 0.05) is 19.8 Å². The number of hydrogen-bond acceptors (Lipinski definition) is 3. The molecule has 0 saturated carbocycles. The minimum Gasteiger partial charge on any atom is -0.480 e. The number of nitriles is 1. The van der Waals surface area contributed by atoms with Gasteiger partial charge in [0.2, 0.25) is 0 Å². The summed E-state index contributed by atoms with van der Waals surface area (Å²) in [5.74, 6) is -0.830. The molecular formula is C12H17N3O2. The van der Waals surface area contributed by atoms with Gasteiger partial charge in [0.1, 0.15) is 17.8 Å². The number of aromatic nitrogens is 1. The highest BCUT2D eigenvalue weighted by Gasteiger charge is 2.20. The van der Waals surface area contributed by atoms with Crippen molar-refractivity contribution in [2.45, 2.75) is 26.4 Å². The number of hydrogen-bond donors (Lipinski definition) is 2. The fourth-order valence-electron chi connectivity index (χ4n) is 1.68. The molecule has 2 N–H and O–H groups in total. The number of nitrogens with zero attached hydrogens (tertiary/aromatic N) is 2. The number of carbonyl (C=O) groups is 1. The second kappa shape index (κ2) is 5.51. The summed E-state index contributed by atoms with van der Waals surface area (Å²) in [5, 5.41) is 20.8. The molecule has 0 spiro atoms. The predicted molar refractivity (Wildman–Crippen MR) is 63.2 cm³/mol. The summed E-state index contributed by atoms with van der Waals surface area (Å²) < 4.78 is 1.72. The van der Waals surface area contributed by atoms with Gasteiger partial charge in [-0.05, 0) is 17.5 Å². The van der Waals surface area contributed by atoms with Crippen molar-refractivity contribution in [1.82, 2.24) is 9.88 Å². The van der Waals surface area contributed by atoms with Crippen molar-refractivity contribution < 1.29 is 9.90 Å². The number of carboxylic acids is 1. The van der Waals surface area contributed by atoms with Crippen molar-refractivity contribution in [3.8, 4) is 6.07 Å². The molecule has 0 aliphatic heterocycles. The number of aryl methyl sites for hydroxylation is 1. The van der Waals surface area contributed by atoms with Crippen LogP contribution in [0.4, 0.5) is 0 Å². The van der Waals surface area contributed by atoms with Crippen LogP contribution in [-0.2, 0) is 18.4 Å². The zero-order chi connectivity index (χ0) is 13.0. The lowest BCUT2D eigenvalue weighted by Gasteiger charge is -2.17. The molecule has 0 aromatic carbocycles. The Morgan fingerprint density at radius 3 is 2.71 bits per heavy atom. The summed E-state index contributed by atoms with van der Waals surface area (Å²) in [5.41, 5.74) is 1.48. The monoisotopic (exact) mass is 235 g/mol. The van der Waals surface area contributed by atoms with E-state index in [1.54, 1.807) is 17.7 Å². The Hall–Kier alpha value is -1.80. The second-order valence-corrected chi connectivity index (χ2v) is 4.40. The van der Waals surface area contributed by atoms with Gasteiger partial charge in [-0.2, -0.15) is 5.26 Å². The molecule has 0 amide bonds. The van der Waals surface area contributed by atoms with E-state index in [2.05, 4.69) is 11.4 Å². The summed E-state index contributed by atoms with van der Waals surface area (Å²) in [6.45, 7) is 4.17. The Kier molecular flexibility index (Phi) is 4.30. The van der Waals surface area contributed by atoms with Crippen molar-refractivity contribution >= 4 is 5.97 Å². The van der Waals surface area contributed by atoms with Crippen LogP contribution in [0.3, 0.4) is 0 Å². The maximum atomic E-state index is 11.0. The molecule has 0 radical (unpaired) electrons. The van der Waals surface area contributed by atoms with Gasteiger partial charge in [-0.15, -0.1) is 0 Å². The first-order valence-corrected chi connectivity index (χ1v) is 5.47. The lowest BCUT2D eigenvalue weighted by molar-refractivity contribution is -0.140. The fourth-order valence-corrected chi connectivity index (χ4v) is 1.68. The molecular weight excluding hydrogens is 218 g/mol. The summed E-state index contributed by atoms with van der Waals surface area (Å²) in [6.07, 6.45) is 1.82. The van der Waals surface area contributed by atoms with Crippen molar-refractivity contribution in [1.29, 1.82) is 5.26 Å². The van der Waals surface area contributed by atoms with Crippen molar-refractivity contribution in [3.63, 3.8) is 0 Å². The van der Waals surface area contributed by atoms with E-state index in [-0.39, 0.29) is 5.92 Å². The molecule has 0 saturated heterocycles. The van der Waals surface area contributed by atoms with E-state index in [9.17, 15) is 4.79 Å². The Morgan fingerprint density at radius 1 is 1.65 bits per heavy atom. The molecule has 1 atom stereocenters. The van der Waals surface area contributed by atoms with Gasteiger partial charge >= 0.3 is 5.97 Å². The van der Waals surface area contributed by atoms with Crippen LogP contribution in [0.2, 0.25) is 0 Å². The Morgan fingerprint density at radius 2 is 2.29 bits per heavy atom. The van der Waals surface area contributed by atoms with Gasteiger partial charge in [0.15, 0.2) is 0 Å². The van der Waals surface area contributed by atoms with Crippen LogP contribution in [0, 0.1) is 17.2 Å². The van der Waals surface area contributed by atoms with Gasteiger partial charge in [0.05, 0.1) is 0 Å². The molecule has 1 aromatic heterocycles. The SMILES string of the molecule is CC(C)C(NCc1cc(C#N)n(C)c1)C(=O)O. The first-order valence-electron chi connectivity index (χ1n) is 5.47. The molecule has 0 aliphatic rings. The van der Waals surface area contributed by atoms with Crippen LogP contribution in [0.5, 0.6) is 0 Å². The van der Waals surface area contributed by atoms with Gasteiger partial charge in [-0.3, -0.25) is 4.79 Å². The third-order valence-corrected chi connectivity index (χ3v) is 2.63. The van der Waals surface area contributed by atoms with E-state index in [0.29, 0.717) is 12.2 Å². The zero-order valence-electron chi connectivity index (χ0n) is 10.3. The number of carboxylic acid groups (broad SMARTS) is 1. The average molecular weight is 235 g/mol. The predicted octanol–water partition coefficient (Wildman–Crippen LogP) is 1.10. The van der Waals surface area contributed by atoms with Crippen LogP contribution in [0.25, 0.3) is 0 Å². The van der Waals surface area contributed by atoms with Crippen LogP contribution in [0.15, 0.2) is 12.3 Å². The van der Waals surface area contributed by atoms with Crippen LogP contribution >= 0.6 is 0 Å². The third-order valence-electron chi connectivity index (χ3n) is 2.63. The second-order valence-electron chi connectivity index (χ2n) is 4.40. The average Bonchev–Trinajstić information content (AvgIpc) is 2.58. The van der Waals surface area contributed by atoms with E-state index < -0.39 is 12.0 Å². The van der Waals surface area contributed by atoms with E-state index in [4.69, 9.17) is 10.4 Å². The summed E-state index contributed by atoms with van der Waals surface area (Å²) >= 11 is 0. The molecule has 0 aliphatic carbocycles. The van der Waals surface area contributed by atoms with Gasteiger partial charge in [-0.25, -0.2) is 0 Å².